The van der Waals surface area contributed by atoms with Crippen molar-refractivity contribution < 1.29 is 5.11 Å². The summed E-state index contributed by atoms with van der Waals surface area (Å²) in [5.74, 6) is 0.401. The monoisotopic (exact) mass is 257 g/mol. The number of benzene rings is 1. The molecule has 78 valence electrons. The van der Waals surface area contributed by atoms with E-state index in [0.29, 0.717) is 5.75 Å². The summed E-state index contributed by atoms with van der Waals surface area (Å²) in [4.78, 5) is 0. The predicted molar refractivity (Wildman–Crippen MR) is 62.9 cm³/mol. The fourth-order valence-electron chi connectivity index (χ4n) is 1.54. The Bertz CT molecular complexity index is 337. The van der Waals surface area contributed by atoms with Crippen LogP contribution >= 0.6 is 15.9 Å². The second-order valence-electron chi connectivity index (χ2n) is 3.48. The van der Waals surface area contributed by atoms with E-state index in [9.17, 15) is 5.11 Å². The van der Waals surface area contributed by atoms with E-state index in [0.717, 1.165) is 34.1 Å². The summed E-state index contributed by atoms with van der Waals surface area (Å²) >= 11 is 3.52. The normalized spacial score (nSPS) is 10.6. The van der Waals surface area contributed by atoms with Gasteiger partial charge in [0.2, 0.25) is 0 Å². The molecule has 1 aromatic rings. The minimum absolute atomic E-state index is 0.401. The molecule has 0 aliphatic heterocycles. The highest BCUT2D eigenvalue weighted by atomic mass is 79.9. The molecule has 0 unspecified atom stereocenters. The van der Waals surface area contributed by atoms with Crippen LogP contribution in [-0.2, 0) is 6.42 Å². The molecule has 1 rings (SSSR count). The number of halogens is 1. The first-order valence-electron chi connectivity index (χ1n) is 4.70. The van der Waals surface area contributed by atoms with Crippen molar-refractivity contribution in [1.29, 1.82) is 0 Å². The Kier molecular flexibility index (Phi) is 3.96. The molecule has 0 radical (unpaired) electrons. The quantitative estimate of drug-likeness (QED) is 0.873. The second-order valence-corrected chi connectivity index (χ2v) is 4.28. The third kappa shape index (κ3) is 2.28. The van der Waals surface area contributed by atoms with Crippen molar-refractivity contribution >= 4 is 15.9 Å². The highest BCUT2D eigenvalue weighted by Gasteiger charge is 2.10. The van der Waals surface area contributed by atoms with Gasteiger partial charge < -0.3 is 10.4 Å². The van der Waals surface area contributed by atoms with E-state index in [4.69, 9.17) is 0 Å². The molecule has 0 bridgehead atoms. The Balaban J connectivity index is 3.09. The average Bonchev–Trinajstić information content (AvgIpc) is 2.14. The molecule has 0 saturated carbocycles. The Morgan fingerprint density at radius 2 is 2.07 bits per heavy atom. The molecule has 3 heteroatoms. The lowest BCUT2D eigenvalue weighted by Crippen LogP contribution is -2.11. The molecule has 0 fully saturated rings. The molecule has 1 aromatic carbocycles. The first-order valence-corrected chi connectivity index (χ1v) is 5.49. The van der Waals surface area contributed by atoms with Gasteiger partial charge in [0.25, 0.3) is 0 Å². The molecule has 0 aliphatic rings. The molecule has 0 aliphatic carbocycles. The third-order valence-electron chi connectivity index (χ3n) is 2.42. The van der Waals surface area contributed by atoms with Gasteiger partial charge in [-0.15, -0.1) is 0 Å². The summed E-state index contributed by atoms with van der Waals surface area (Å²) < 4.78 is 1.10. The SMILES string of the molecule is CNCCc1c(O)cc(C)c(Br)c1C. The number of aromatic hydroxyl groups is 1. The molecular weight excluding hydrogens is 242 g/mol. The second kappa shape index (κ2) is 4.80. The zero-order valence-electron chi connectivity index (χ0n) is 8.82. The average molecular weight is 258 g/mol. The van der Waals surface area contributed by atoms with E-state index in [1.54, 1.807) is 0 Å². The number of phenols is 1. The maximum Gasteiger partial charge on any atom is 0.119 e. The van der Waals surface area contributed by atoms with Gasteiger partial charge in [0.1, 0.15) is 5.75 Å². The van der Waals surface area contributed by atoms with Crippen LogP contribution in [-0.4, -0.2) is 18.7 Å². The van der Waals surface area contributed by atoms with Crippen LogP contribution in [0.25, 0.3) is 0 Å². The van der Waals surface area contributed by atoms with Crippen molar-refractivity contribution in [2.45, 2.75) is 20.3 Å². The van der Waals surface area contributed by atoms with Gasteiger partial charge >= 0.3 is 0 Å². The van der Waals surface area contributed by atoms with Crippen LogP contribution in [0.3, 0.4) is 0 Å². The summed E-state index contributed by atoms with van der Waals surface area (Å²) in [7, 11) is 1.91. The standard InChI is InChI=1S/C11H16BrNO/c1-7-6-10(14)9(4-5-13-3)8(2)11(7)12/h6,13-14H,4-5H2,1-3H3. The van der Waals surface area contributed by atoms with Crippen LogP contribution in [0.2, 0.25) is 0 Å². The van der Waals surface area contributed by atoms with Crippen molar-refractivity contribution in [3.63, 3.8) is 0 Å². The van der Waals surface area contributed by atoms with Crippen LogP contribution in [0, 0.1) is 13.8 Å². The minimum atomic E-state index is 0.401. The molecule has 0 saturated heterocycles. The zero-order chi connectivity index (χ0) is 10.7. The number of hydrogen-bond acceptors (Lipinski definition) is 2. The third-order valence-corrected chi connectivity index (χ3v) is 3.64. The van der Waals surface area contributed by atoms with Gasteiger partial charge in [-0.05, 0) is 56.6 Å². The van der Waals surface area contributed by atoms with Gasteiger partial charge in [0.05, 0.1) is 0 Å². The van der Waals surface area contributed by atoms with Crippen LogP contribution in [0.4, 0.5) is 0 Å². The summed E-state index contributed by atoms with van der Waals surface area (Å²) in [6.07, 6.45) is 0.854. The van der Waals surface area contributed by atoms with E-state index in [1.165, 1.54) is 0 Å². The summed E-state index contributed by atoms with van der Waals surface area (Å²) in [6, 6.07) is 1.81. The molecule has 0 atom stereocenters. The Morgan fingerprint density at radius 3 is 2.64 bits per heavy atom. The van der Waals surface area contributed by atoms with Crippen LogP contribution in [0.1, 0.15) is 16.7 Å². The van der Waals surface area contributed by atoms with Gasteiger partial charge in [-0.3, -0.25) is 0 Å². The number of phenolic OH excluding ortho intramolecular Hbond substituents is 1. The van der Waals surface area contributed by atoms with Crippen molar-refractivity contribution in [2.24, 2.45) is 0 Å². The van der Waals surface area contributed by atoms with Crippen LogP contribution < -0.4 is 5.32 Å². The number of rotatable bonds is 3. The Morgan fingerprint density at radius 1 is 1.43 bits per heavy atom. The molecule has 14 heavy (non-hydrogen) atoms. The zero-order valence-corrected chi connectivity index (χ0v) is 10.4. The topological polar surface area (TPSA) is 32.3 Å². The first kappa shape index (κ1) is 11.5. The highest BCUT2D eigenvalue weighted by Crippen LogP contribution is 2.31. The van der Waals surface area contributed by atoms with Crippen molar-refractivity contribution in [1.82, 2.24) is 5.32 Å². The lowest BCUT2D eigenvalue weighted by atomic mass is 10.0. The molecule has 0 heterocycles. The number of hydrogen-bond donors (Lipinski definition) is 2. The number of likely N-dealkylation sites (N-methyl/N-ethyl adjacent to an activating group) is 1. The smallest absolute Gasteiger partial charge is 0.119 e. The van der Waals surface area contributed by atoms with Crippen LogP contribution in [0.15, 0.2) is 10.5 Å². The lowest BCUT2D eigenvalue weighted by Gasteiger charge is -2.12. The highest BCUT2D eigenvalue weighted by molar-refractivity contribution is 9.10. The Labute approximate surface area is 93.5 Å². The van der Waals surface area contributed by atoms with E-state index in [2.05, 4.69) is 21.2 Å². The van der Waals surface area contributed by atoms with Crippen molar-refractivity contribution in [3.8, 4) is 5.75 Å². The predicted octanol–water partition coefficient (Wildman–Crippen LogP) is 2.53. The van der Waals surface area contributed by atoms with Crippen molar-refractivity contribution in [3.05, 3.63) is 27.2 Å². The van der Waals surface area contributed by atoms with Gasteiger partial charge in [-0.25, -0.2) is 0 Å². The summed E-state index contributed by atoms with van der Waals surface area (Å²) in [5, 5.41) is 12.9. The van der Waals surface area contributed by atoms with E-state index >= 15 is 0 Å². The summed E-state index contributed by atoms with van der Waals surface area (Å²) in [6.45, 7) is 4.89. The minimum Gasteiger partial charge on any atom is -0.508 e. The molecule has 0 amide bonds. The van der Waals surface area contributed by atoms with Crippen molar-refractivity contribution in [2.75, 3.05) is 13.6 Å². The fraction of sp³-hybridized carbons (Fsp3) is 0.455. The van der Waals surface area contributed by atoms with E-state index in [1.807, 2.05) is 27.0 Å². The molecule has 2 nitrogen and oxygen atoms in total. The molecule has 0 aromatic heterocycles. The summed E-state index contributed by atoms with van der Waals surface area (Å²) in [5.41, 5.74) is 3.24. The largest absolute Gasteiger partial charge is 0.508 e. The first-order chi connectivity index (χ1) is 6.57. The fourth-order valence-corrected chi connectivity index (χ4v) is 1.90. The number of nitrogens with one attached hydrogen (secondary N) is 1. The van der Waals surface area contributed by atoms with Gasteiger partial charge in [0, 0.05) is 4.47 Å². The van der Waals surface area contributed by atoms with Gasteiger partial charge in [0.15, 0.2) is 0 Å². The number of aryl methyl sites for hydroxylation is 1. The van der Waals surface area contributed by atoms with Crippen LogP contribution in [0.5, 0.6) is 5.75 Å². The van der Waals surface area contributed by atoms with Gasteiger partial charge in [-0.2, -0.15) is 0 Å². The van der Waals surface area contributed by atoms with E-state index < -0.39 is 0 Å². The van der Waals surface area contributed by atoms with Gasteiger partial charge in [-0.1, -0.05) is 15.9 Å². The molecular formula is C11H16BrNO. The Hall–Kier alpha value is -0.540. The molecule has 0 spiro atoms. The maximum absolute atomic E-state index is 9.77. The lowest BCUT2D eigenvalue weighted by molar-refractivity contribution is 0.466. The van der Waals surface area contributed by atoms with E-state index in [-0.39, 0.29) is 0 Å². The maximum atomic E-state index is 9.77. The molecule has 2 N–H and O–H groups in total.